The quantitative estimate of drug-likeness (QED) is 0.104. The molecular formula is C47H69ClF2N10O8S2. The van der Waals surface area contributed by atoms with Crippen LogP contribution in [0.25, 0.3) is 0 Å². The maximum Gasteiger partial charge on any atom is 0.410 e. The van der Waals surface area contributed by atoms with Gasteiger partial charge >= 0.3 is 18.2 Å². The van der Waals surface area contributed by atoms with E-state index in [9.17, 15) is 35.6 Å². The molecule has 4 aromatic rings. The fourth-order valence-corrected chi connectivity index (χ4v) is 7.58. The first-order valence-electron chi connectivity index (χ1n) is 21.8. The Bertz CT molecular complexity index is 2540. The molecule has 2 aliphatic rings. The lowest BCUT2D eigenvalue weighted by Gasteiger charge is -2.35. The molecule has 0 unspecified atom stereocenters. The molecule has 2 fully saturated rings. The summed E-state index contributed by atoms with van der Waals surface area (Å²) in [5, 5.41) is 10.3. The average molecular weight is 1040 g/mol. The summed E-state index contributed by atoms with van der Waals surface area (Å²) in [5.41, 5.74) is 3.26. The number of anilines is 4. The highest BCUT2D eigenvalue weighted by atomic mass is 35.7. The van der Waals surface area contributed by atoms with Crippen LogP contribution in [0.4, 0.5) is 45.9 Å². The zero-order valence-corrected chi connectivity index (χ0v) is 41.7. The van der Waals surface area contributed by atoms with Gasteiger partial charge < -0.3 is 30.9 Å². The second kappa shape index (κ2) is 27.8. The van der Waals surface area contributed by atoms with Gasteiger partial charge in [0.1, 0.15) is 5.60 Å². The molecule has 0 saturated carbocycles. The van der Waals surface area contributed by atoms with Crippen molar-refractivity contribution in [2.45, 2.75) is 82.0 Å². The molecule has 2 saturated heterocycles. The Morgan fingerprint density at radius 1 is 0.643 bits per heavy atom. The molecule has 0 bridgehead atoms. The Morgan fingerprint density at radius 3 is 1.39 bits per heavy atom. The van der Waals surface area contributed by atoms with E-state index in [0.29, 0.717) is 87.9 Å². The lowest BCUT2D eigenvalue weighted by Crippen LogP contribution is -2.49. The molecular weight excluding hydrogens is 970 g/mol. The van der Waals surface area contributed by atoms with E-state index < -0.39 is 48.4 Å². The number of hydrogen-bond donors (Lipinski definition) is 4. The summed E-state index contributed by atoms with van der Waals surface area (Å²) in [4.78, 5) is 50.6. The number of amides is 5. The van der Waals surface area contributed by atoms with Crippen molar-refractivity contribution in [3.63, 3.8) is 0 Å². The van der Waals surface area contributed by atoms with E-state index in [2.05, 4.69) is 46.8 Å². The summed E-state index contributed by atoms with van der Waals surface area (Å²) >= 11 is 0. The molecule has 4 heterocycles. The standard InChI is InChI=1S/C23H30FN5O3.C20H26FN5O3S.C2H5ClO2S.2CH4/c1-16-8-9-18(14-25-16)26-21(30)27-19-7-5-6-17(20(19)24)15-28-10-12-29(13-11-28)22(31)32-23(2,3)4;1-3-30(28,29)26-11-9-25(10-12-26)14-16-5-4-6-18(19(16)21)24-20(27)23-17-8-7-15(2)22-13-17;1-2-6(3,4)5;;/h5-9,14H,10-13,15H2,1-4H3,(H2,26,27,30);4-8,13H,3,9-12,14H2,1-2H3,(H2,23,24,27);2H2,1H3;2*1H4. The number of piperazine rings is 2. The number of ether oxygens (including phenoxy) is 1. The van der Waals surface area contributed by atoms with Gasteiger partial charge in [-0.3, -0.25) is 19.8 Å². The van der Waals surface area contributed by atoms with Crippen molar-refractivity contribution in [2.75, 3.05) is 85.1 Å². The minimum absolute atomic E-state index is 0. The highest BCUT2D eigenvalue weighted by Crippen LogP contribution is 2.23. The van der Waals surface area contributed by atoms with Crippen LogP contribution in [0.5, 0.6) is 0 Å². The highest BCUT2D eigenvalue weighted by Gasteiger charge is 2.28. The molecule has 2 aromatic carbocycles. The Hall–Kier alpha value is -5.52. The number of carbonyl (C=O) groups is 3. The van der Waals surface area contributed by atoms with Crippen LogP contribution >= 0.6 is 10.7 Å². The van der Waals surface area contributed by atoms with Crippen LogP contribution in [0, 0.1) is 25.5 Å². The maximum atomic E-state index is 15.0. The Labute approximate surface area is 417 Å². The number of halogens is 3. The number of sulfonamides is 1. The van der Waals surface area contributed by atoms with Gasteiger partial charge in [-0.05, 0) is 77.9 Å². The van der Waals surface area contributed by atoms with E-state index in [-0.39, 0.29) is 43.8 Å². The van der Waals surface area contributed by atoms with Gasteiger partial charge in [0.15, 0.2) is 11.6 Å². The van der Waals surface area contributed by atoms with Gasteiger partial charge in [0.25, 0.3) is 0 Å². The van der Waals surface area contributed by atoms with Crippen molar-refractivity contribution >= 4 is 70.7 Å². The molecule has 0 radical (unpaired) electrons. The zero-order chi connectivity index (χ0) is 50.2. The molecule has 5 amide bonds. The van der Waals surface area contributed by atoms with Crippen LogP contribution in [-0.4, -0.2) is 133 Å². The van der Waals surface area contributed by atoms with Crippen LogP contribution in [0.1, 0.15) is 72.0 Å². The van der Waals surface area contributed by atoms with Crippen LogP contribution in [0.2, 0.25) is 0 Å². The first-order valence-corrected chi connectivity index (χ1v) is 25.9. The monoisotopic (exact) mass is 1040 g/mol. The number of nitrogens with one attached hydrogen (secondary N) is 4. The van der Waals surface area contributed by atoms with Gasteiger partial charge in [-0.15, -0.1) is 0 Å². The van der Waals surface area contributed by atoms with Gasteiger partial charge in [-0.2, -0.15) is 4.31 Å². The number of aromatic nitrogens is 2. The maximum absolute atomic E-state index is 15.0. The van der Waals surface area contributed by atoms with Crippen molar-refractivity contribution in [1.82, 2.24) is 29.0 Å². The Kier molecular flexibility index (Phi) is 24.0. The van der Waals surface area contributed by atoms with Crippen LogP contribution in [0.3, 0.4) is 0 Å². The number of rotatable bonds is 11. The van der Waals surface area contributed by atoms with Gasteiger partial charge in [-0.1, -0.05) is 46.0 Å². The summed E-state index contributed by atoms with van der Waals surface area (Å²) in [5.74, 6) is -0.887. The Balaban J connectivity index is 0.000000420. The van der Waals surface area contributed by atoms with E-state index in [1.807, 2.05) is 39.5 Å². The number of nitrogens with zero attached hydrogens (tertiary/aromatic N) is 6. The molecule has 70 heavy (non-hydrogen) atoms. The fourth-order valence-electron chi connectivity index (χ4n) is 6.49. The normalized spacial score (nSPS) is 14.5. The summed E-state index contributed by atoms with van der Waals surface area (Å²) < 4.78 is 80.3. The zero-order valence-electron chi connectivity index (χ0n) is 39.3. The molecule has 0 aliphatic carbocycles. The number of hydrogen-bond acceptors (Lipinski definition) is 12. The first-order chi connectivity index (χ1) is 31.9. The third kappa shape index (κ3) is 20.4. The van der Waals surface area contributed by atoms with Gasteiger partial charge in [0, 0.05) is 98.6 Å². The second-order valence-electron chi connectivity index (χ2n) is 16.7. The smallest absolute Gasteiger partial charge is 0.410 e. The van der Waals surface area contributed by atoms with Crippen LogP contribution in [0.15, 0.2) is 73.1 Å². The molecule has 0 atom stereocenters. The third-order valence-corrected chi connectivity index (χ3v) is 13.5. The third-order valence-electron chi connectivity index (χ3n) is 10.2. The van der Waals surface area contributed by atoms with Crippen molar-refractivity contribution in [3.8, 4) is 0 Å². The molecule has 388 valence electrons. The fraction of sp³-hybridized carbons (Fsp3) is 0.468. The minimum Gasteiger partial charge on any atom is -0.444 e. The van der Waals surface area contributed by atoms with Crippen LogP contribution in [-0.2, 0) is 36.9 Å². The summed E-state index contributed by atoms with van der Waals surface area (Å²) in [6.45, 7) is 17.1. The van der Waals surface area contributed by atoms with E-state index in [4.69, 9.17) is 4.74 Å². The SMILES string of the molecule is C.C.CCS(=O)(=O)Cl.CCS(=O)(=O)N1CCN(Cc2cccc(NC(=O)Nc3ccc(C)nc3)c2F)CC1.Cc1ccc(NC(=O)Nc2cccc(CN3CCN(C(=O)OC(C)(C)C)CC3)c2F)cn1. The summed E-state index contributed by atoms with van der Waals surface area (Å²) in [6, 6.07) is 15.6. The number of urea groups is 2. The van der Waals surface area contributed by atoms with E-state index in [0.717, 1.165) is 11.4 Å². The van der Waals surface area contributed by atoms with Crippen molar-refractivity contribution < 1.29 is 44.7 Å². The number of carbonyl (C=O) groups excluding carboxylic acids is 3. The number of benzene rings is 2. The molecule has 6 rings (SSSR count). The molecule has 0 spiro atoms. The average Bonchev–Trinajstić information content (AvgIpc) is 3.28. The van der Waals surface area contributed by atoms with Crippen molar-refractivity contribution in [1.29, 1.82) is 0 Å². The summed E-state index contributed by atoms with van der Waals surface area (Å²) in [6.07, 6.45) is 2.74. The largest absolute Gasteiger partial charge is 0.444 e. The number of aryl methyl sites for hydroxylation is 2. The van der Waals surface area contributed by atoms with Gasteiger partial charge in [-0.25, -0.2) is 40.0 Å². The molecule has 4 N–H and O–H groups in total. The highest BCUT2D eigenvalue weighted by molar-refractivity contribution is 8.13. The predicted octanol–water partition coefficient (Wildman–Crippen LogP) is 8.71. The van der Waals surface area contributed by atoms with Gasteiger partial charge in [0.05, 0.1) is 46.6 Å². The summed E-state index contributed by atoms with van der Waals surface area (Å²) in [7, 11) is -1.70. The minimum atomic E-state index is -3.20. The van der Waals surface area contributed by atoms with Gasteiger partial charge in [0.2, 0.25) is 19.1 Å². The van der Waals surface area contributed by atoms with Crippen molar-refractivity contribution in [3.05, 3.63) is 107 Å². The van der Waals surface area contributed by atoms with E-state index >= 15 is 4.39 Å². The Morgan fingerprint density at radius 2 is 1.04 bits per heavy atom. The lowest BCUT2D eigenvalue weighted by atomic mass is 10.1. The molecule has 18 nitrogen and oxygen atoms in total. The van der Waals surface area contributed by atoms with Crippen molar-refractivity contribution in [2.24, 2.45) is 0 Å². The topological polar surface area (TPSA) is 216 Å². The lowest BCUT2D eigenvalue weighted by molar-refractivity contribution is 0.0138. The first kappa shape index (κ1) is 60.6. The molecule has 2 aromatic heterocycles. The number of pyridine rings is 2. The van der Waals surface area contributed by atoms with E-state index in [1.165, 1.54) is 29.6 Å². The van der Waals surface area contributed by atoms with Crippen LogP contribution < -0.4 is 21.3 Å². The van der Waals surface area contributed by atoms with E-state index in [1.54, 1.807) is 66.6 Å². The molecule has 2 aliphatic heterocycles. The second-order valence-corrected chi connectivity index (χ2v) is 22.1. The molecule has 23 heteroatoms. The predicted molar refractivity (Wildman–Crippen MR) is 274 cm³/mol.